The Morgan fingerprint density at radius 3 is 2.21 bits per heavy atom. The number of nitro benzene ring substituents is 1. The first-order valence-corrected chi connectivity index (χ1v) is 13.5. The molecule has 34 heavy (non-hydrogen) atoms. The number of hydrogen-bond acceptors (Lipinski definition) is 7. The summed E-state index contributed by atoms with van der Waals surface area (Å²) in [5.41, 5.74) is -0.287. The number of nitrogens with zero attached hydrogens (tertiary/aromatic N) is 1. The van der Waals surface area contributed by atoms with Crippen LogP contribution in [0.5, 0.6) is 0 Å². The summed E-state index contributed by atoms with van der Waals surface area (Å²) in [4.78, 5) is 34.4. The summed E-state index contributed by atoms with van der Waals surface area (Å²) in [5, 5.41) is 12.5. The zero-order valence-electron chi connectivity index (χ0n) is 19.8. The lowest BCUT2D eigenvalue weighted by atomic mass is 9.99. The van der Waals surface area contributed by atoms with Crippen LogP contribution in [0.1, 0.15) is 44.5 Å². The molecular weight excluding hydrogens is 477 g/mol. The van der Waals surface area contributed by atoms with Gasteiger partial charge in [0.15, 0.2) is 8.32 Å². The first-order chi connectivity index (χ1) is 15.4. The Labute approximate surface area is 196 Å². The molecule has 1 aliphatic rings. The van der Waals surface area contributed by atoms with Crippen molar-refractivity contribution in [3.63, 3.8) is 0 Å². The molecule has 0 bridgehead atoms. The first kappa shape index (κ1) is 27.7. The zero-order chi connectivity index (χ0) is 26.1. The van der Waals surface area contributed by atoms with Crippen molar-refractivity contribution in [3.05, 3.63) is 39.9 Å². The minimum absolute atomic E-state index is 0.0432. The van der Waals surface area contributed by atoms with E-state index >= 15 is 0 Å². The van der Waals surface area contributed by atoms with Crippen molar-refractivity contribution < 1.29 is 41.6 Å². The number of hydrogen-bond donors (Lipinski definition) is 1. The molecule has 0 spiro atoms. The van der Waals surface area contributed by atoms with E-state index in [1.807, 2.05) is 39.2 Å². The van der Waals surface area contributed by atoms with Gasteiger partial charge in [0, 0.05) is 18.6 Å². The van der Waals surface area contributed by atoms with Gasteiger partial charge in [-0.05, 0) is 37.2 Å². The molecule has 1 aromatic carbocycles. The molecule has 0 aliphatic carbocycles. The highest BCUT2D eigenvalue weighted by molar-refractivity contribution is 6.74. The number of nitro groups is 1. The zero-order valence-corrected chi connectivity index (χ0v) is 20.8. The smallest absolute Gasteiger partial charge is 0.454 e. The quantitative estimate of drug-likeness (QED) is 0.264. The number of nitrogens with one attached hydrogen (secondary N) is 1. The molecule has 4 atom stereocenters. The standard InChI is InChI=1S/C21H29F3N2O7Si/c1-12-17(32-18(27)13-7-9-14(10-8-13)26(29)30)15(25-19(28)21(22,23)24)11-16(31-12)33-34(5,6)20(2,3)4/h7-10,12,15-17H,11H2,1-6H3,(H,25,28)/t12-,15-,16+,17-/m0/s1. The Morgan fingerprint density at radius 2 is 1.74 bits per heavy atom. The molecule has 1 aliphatic heterocycles. The van der Waals surface area contributed by atoms with Gasteiger partial charge in [-0.3, -0.25) is 14.9 Å². The van der Waals surface area contributed by atoms with E-state index in [2.05, 4.69) is 0 Å². The van der Waals surface area contributed by atoms with E-state index in [1.54, 1.807) is 0 Å². The molecule has 1 saturated heterocycles. The van der Waals surface area contributed by atoms with Crippen LogP contribution in [-0.4, -0.2) is 55.8 Å². The van der Waals surface area contributed by atoms with Gasteiger partial charge in [0.1, 0.15) is 12.4 Å². The second-order valence-electron chi connectivity index (χ2n) is 9.64. The monoisotopic (exact) mass is 506 g/mol. The second-order valence-corrected chi connectivity index (χ2v) is 14.4. The number of halogens is 3. The van der Waals surface area contributed by atoms with E-state index in [4.69, 9.17) is 13.9 Å². The van der Waals surface area contributed by atoms with Crippen LogP contribution >= 0.6 is 0 Å². The lowest BCUT2D eigenvalue weighted by Crippen LogP contribution is -2.60. The third-order valence-corrected chi connectivity index (χ3v) is 10.5. The van der Waals surface area contributed by atoms with Gasteiger partial charge >= 0.3 is 18.1 Å². The molecule has 0 radical (unpaired) electrons. The van der Waals surface area contributed by atoms with E-state index in [9.17, 15) is 32.9 Å². The molecule has 1 heterocycles. The second kappa shape index (κ2) is 10.00. The molecule has 0 unspecified atom stereocenters. The van der Waals surface area contributed by atoms with Crippen molar-refractivity contribution in [3.8, 4) is 0 Å². The third kappa shape index (κ3) is 6.76. The average Bonchev–Trinajstić information content (AvgIpc) is 2.68. The fraction of sp³-hybridized carbons (Fsp3) is 0.619. The van der Waals surface area contributed by atoms with Crippen LogP contribution in [-0.2, 0) is 18.7 Å². The topological polar surface area (TPSA) is 117 Å². The summed E-state index contributed by atoms with van der Waals surface area (Å²) in [7, 11) is -2.37. The van der Waals surface area contributed by atoms with Crippen LogP contribution in [0.2, 0.25) is 18.1 Å². The number of alkyl halides is 3. The predicted molar refractivity (Wildman–Crippen MR) is 118 cm³/mol. The van der Waals surface area contributed by atoms with E-state index in [0.717, 1.165) is 12.1 Å². The molecule has 2 rings (SSSR count). The van der Waals surface area contributed by atoms with E-state index in [-0.39, 0.29) is 22.7 Å². The van der Waals surface area contributed by atoms with Gasteiger partial charge in [0.2, 0.25) is 0 Å². The van der Waals surface area contributed by atoms with Crippen LogP contribution in [0.25, 0.3) is 0 Å². The van der Waals surface area contributed by atoms with Gasteiger partial charge < -0.3 is 19.2 Å². The maximum absolute atomic E-state index is 13.0. The van der Waals surface area contributed by atoms with E-state index in [1.165, 1.54) is 19.1 Å². The number of carbonyl (C=O) groups is 2. The summed E-state index contributed by atoms with van der Waals surface area (Å²) >= 11 is 0. The van der Waals surface area contributed by atoms with Crippen LogP contribution in [0.15, 0.2) is 24.3 Å². The van der Waals surface area contributed by atoms with Crippen molar-refractivity contribution in [1.29, 1.82) is 0 Å². The van der Waals surface area contributed by atoms with Crippen molar-refractivity contribution in [1.82, 2.24) is 5.32 Å². The summed E-state index contributed by atoms with van der Waals surface area (Å²) in [6.45, 7) is 11.4. The van der Waals surface area contributed by atoms with Crippen molar-refractivity contribution >= 4 is 25.9 Å². The molecule has 13 heteroatoms. The molecule has 1 aromatic rings. The minimum atomic E-state index is -5.13. The van der Waals surface area contributed by atoms with Crippen molar-refractivity contribution in [2.24, 2.45) is 0 Å². The molecule has 190 valence electrons. The van der Waals surface area contributed by atoms with E-state index < -0.39 is 55.8 Å². The van der Waals surface area contributed by atoms with Gasteiger partial charge in [-0.1, -0.05) is 20.8 Å². The maximum Gasteiger partial charge on any atom is 0.471 e. The predicted octanol–water partition coefficient (Wildman–Crippen LogP) is 4.32. The Bertz CT molecular complexity index is 916. The number of rotatable bonds is 6. The average molecular weight is 507 g/mol. The van der Waals surface area contributed by atoms with Crippen LogP contribution in [0.3, 0.4) is 0 Å². The Hall–Kier alpha value is -2.51. The van der Waals surface area contributed by atoms with Gasteiger partial charge in [-0.25, -0.2) is 4.79 Å². The summed E-state index contributed by atoms with van der Waals surface area (Å²) in [5.74, 6) is -3.10. The normalized spacial score (nSPS) is 23.8. The number of amides is 1. The highest BCUT2D eigenvalue weighted by Gasteiger charge is 2.48. The minimum Gasteiger partial charge on any atom is -0.454 e. The summed E-state index contributed by atoms with van der Waals surface area (Å²) < 4.78 is 56.3. The fourth-order valence-electron chi connectivity index (χ4n) is 3.10. The third-order valence-electron chi connectivity index (χ3n) is 6.04. The number of esters is 1. The molecular formula is C21H29F3N2O7Si. The van der Waals surface area contributed by atoms with Crippen molar-refractivity contribution in [2.45, 2.75) is 83.0 Å². The molecule has 9 nitrogen and oxygen atoms in total. The van der Waals surface area contributed by atoms with Crippen molar-refractivity contribution in [2.75, 3.05) is 0 Å². The SMILES string of the molecule is C[C@@H]1O[C@H](O[Si](C)(C)C(C)(C)C)C[C@H](NC(=O)C(F)(F)F)[C@H]1OC(=O)c1ccc([N+](=O)[O-])cc1. The van der Waals surface area contributed by atoms with Gasteiger partial charge in [-0.2, -0.15) is 13.2 Å². The van der Waals surface area contributed by atoms with Crippen LogP contribution in [0.4, 0.5) is 18.9 Å². The molecule has 0 aromatic heterocycles. The Balaban J connectivity index is 2.25. The van der Waals surface area contributed by atoms with E-state index in [0.29, 0.717) is 0 Å². The number of non-ortho nitro benzene ring substituents is 1. The molecule has 1 N–H and O–H groups in total. The molecule has 1 fully saturated rings. The van der Waals surface area contributed by atoms with Gasteiger partial charge in [-0.15, -0.1) is 0 Å². The number of carbonyl (C=O) groups excluding carboxylic acids is 2. The highest BCUT2D eigenvalue weighted by atomic mass is 28.4. The number of ether oxygens (including phenoxy) is 2. The highest BCUT2D eigenvalue weighted by Crippen LogP contribution is 2.39. The summed E-state index contributed by atoms with van der Waals surface area (Å²) in [6.07, 6.45) is -8.39. The van der Waals surface area contributed by atoms with Gasteiger partial charge in [0.25, 0.3) is 5.69 Å². The number of benzene rings is 1. The molecule has 1 amide bonds. The fourth-order valence-corrected chi connectivity index (χ4v) is 4.26. The molecule has 0 saturated carbocycles. The van der Waals surface area contributed by atoms with Gasteiger partial charge in [0.05, 0.1) is 22.6 Å². The lowest BCUT2D eigenvalue weighted by molar-refractivity contribution is -0.384. The first-order valence-electron chi connectivity index (χ1n) is 10.6. The Kier molecular flexibility index (Phi) is 8.16. The Morgan fingerprint density at radius 1 is 1.18 bits per heavy atom. The summed E-state index contributed by atoms with van der Waals surface area (Å²) in [6, 6.07) is 3.30. The largest absolute Gasteiger partial charge is 0.471 e. The maximum atomic E-state index is 13.0. The van der Waals surface area contributed by atoms with Crippen LogP contribution in [0, 0.1) is 10.1 Å². The lowest BCUT2D eigenvalue weighted by Gasteiger charge is -2.45. The van der Waals surface area contributed by atoms with Crippen LogP contribution < -0.4 is 5.32 Å².